The number of pyridine rings is 1. The fourth-order valence-corrected chi connectivity index (χ4v) is 7.58. The fourth-order valence-electron chi connectivity index (χ4n) is 6.72. The molecule has 0 saturated heterocycles. The summed E-state index contributed by atoms with van der Waals surface area (Å²) in [5, 5.41) is 3.55. The van der Waals surface area contributed by atoms with Crippen molar-refractivity contribution >= 4 is 50.3 Å². The first-order valence-corrected chi connectivity index (χ1v) is 19.6. The first-order chi connectivity index (χ1) is 27.5. The molecule has 0 bridgehead atoms. The lowest BCUT2D eigenvalue weighted by Gasteiger charge is -2.31. The van der Waals surface area contributed by atoms with Crippen LogP contribution in [0, 0.1) is 6.92 Å². The van der Waals surface area contributed by atoms with E-state index in [0.29, 0.717) is 59.7 Å². The largest absolute Gasteiger partial charge is 0.490 e. The van der Waals surface area contributed by atoms with Crippen molar-refractivity contribution in [3.8, 4) is 22.6 Å². The average Bonchev–Trinajstić information content (AvgIpc) is 3.61. The quantitative estimate of drug-likeness (QED) is 0.0952. The number of carbonyl (C=O) groups excluding carboxylic acids is 3. The number of benzene rings is 4. The molecule has 1 aliphatic rings. The molecule has 57 heavy (non-hydrogen) atoms. The van der Waals surface area contributed by atoms with Gasteiger partial charge in [-0.3, -0.25) is 14.9 Å². The standard InChI is InChI=1S/C45H44N4O7S/c1-28-32(11-9-14-37(28)55-25-24-54-31-18-16-29(17-19-31)26-40(50)53-5)33-20-21-39(47-41(33)43(52)56-45(2,3)4)49-23-22-30-10-8-12-34(35(30)27-49)42(51)48-44-46-36-13-6-7-15-38(36)57-44/h6-21H,22-27H2,1-5H3,(H,46,48,51). The average molecular weight is 785 g/mol. The van der Waals surface area contributed by atoms with Crippen LogP contribution >= 0.6 is 11.3 Å². The molecule has 7 rings (SSSR count). The van der Waals surface area contributed by atoms with E-state index < -0.39 is 11.6 Å². The van der Waals surface area contributed by atoms with E-state index in [2.05, 4.69) is 21.3 Å². The van der Waals surface area contributed by atoms with Gasteiger partial charge in [-0.2, -0.15) is 0 Å². The molecule has 6 aromatic rings. The van der Waals surface area contributed by atoms with Crippen LogP contribution in [0.1, 0.15) is 63.9 Å². The molecule has 1 aliphatic heterocycles. The summed E-state index contributed by atoms with van der Waals surface area (Å²) in [5.74, 6) is 0.851. The van der Waals surface area contributed by atoms with Gasteiger partial charge in [0.05, 0.1) is 23.7 Å². The van der Waals surface area contributed by atoms with Crippen LogP contribution in [0.25, 0.3) is 21.3 Å². The number of carbonyl (C=O) groups is 3. The lowest BCUT2D eigenvalue weighted by Crippen LogP contribution is -2.33. The third kappa shape index (κ3) is 9.24. The number of rotatable bonds is 12. The Morgan fingerprint density at radius 3 is 2.39 bits per heavy atom. The van der Waals surface area contributed by atoms with Crippen LogP contribution in [0.3, 0.4) is 0 Å². The van der Waals surface area contributed by atoms with E-state index >= 15 is 0 Å². The molecule has 1 amide bonds. The molecular weight excluding hydrogens is 741 g/mol. The number of fused-ring (bicyclic) bond motifs is 2. The summed E-state index contributed by atoms with van der Waals surface area (Å²) < 4.78 is 23.7. The van der Waals surface area contributed by atoms with Crippen LogP contribution in [0.5, 0.6) is 11.5 Å². The lowest BCUT2D eigenvalue weighted by atomic mass is 9.94. The highest BCUT2D eigenvalue weighted by Crippen LogP contribution is 2.35. The van der Waals surface area contributed by atoms with Gasteiger partial charge in [-0.15, -0.1) is 0 Å². The van der Waals surface area contributed by atoms with Crippen LogP contribution in [0.15, 0.2) is 97.1 Å². The molecule has 0 radical (unpaired) electrons. The number of methoxy groups -OCH3 is 1. The number of amides is 1. The molecule has 0 unspecified atom stereocenters. The predicted octanol–water partition coefficient (Wildman–Crippen LogP) is 8.61. The van der Waals surface area contributed by atoms with Crippen molar-refractivity contribution in [2.75, 3.05) is 37.1 Å². The van der Waals surface area contributed by atoms with Gasteiger partial charge in [0.2, 0.25) is 0 Å². The topological polar surface area (TPSA) is 129 Å². The van der Waals surface area contributed by atoms with Crippen LogP contribution in [-0.4, -0.2) is 60.3 Å². The monoisotopic (exact) mass is 784 g/mol. The van der Waals surface area contributed by atoms with Crippen molar-refractivity contribution in [2.24, 2.45) is 0 Å². The molecule has 12 heteroatoms. The summed E-state index contributed by atoms with van der Waals surface area (Å²) in [5.41, 5.74) is 5.94. The van der Waals surface area contributed by atoms with Crippen molar-refractivity contribution in [1.82, 2.24) is 9.97 Å². The number of nitrogens with zero attached hydrogens (tertiary/aromatic N) is 3. The first-order valence-electron chi connectivity index (χ1n) is 18.7. The Morgan fingerprint density at radius 1 is 0.842 bits per heavy atom. The third-order valence-corrected chi connectivity index (χ3v) is 10.5. The maximum Gasteiger partial charge on any atom is 0.358 e. The second-order valence-corrected chi connectivity index (χ2v) is 15.7. The Bertz CT molecular complexity index is 2400. The van der Waals surface area contributed by atoms with E-state index in [0.717, 1.165) is 38.0 Å². The Morgan fingerprint density at radius 2 is 1.61 bits per heavy atom. The molecule has 1 N–H and O–H groups in total. The molecule has 11 nitrogen and oxygen atoms in total. The van der Waals surface area contributed by atoms with Gasteiger partial charge in [0.15, 0.2) is 10.8 Å². The maximum absolute atomic E-state index is 13.9. The Kier molecular flexibility index (Phi) is 11.5. The molecule has 292 valence electrons. The molecule has 0 spiro atoms. The summed E-state index contributed by atoms with van der Waals surface area (Å²) in [6.45, 7) is 9.09. The highest BCUT2D eigenvalue weighted by atomic mass is 32.1. The Balaban J connectivity index is 1.09. The lowest BCUT2D eigenvalue weighted by molar-refractivity contribution is -0.139. The summed E-state index contributed by atoms with van der Waals surface area (Å²) in [6, 6.07) is 30.4. The minimum Gasteiger partial charge on any atom is -0.490 e. The third-order valence-electron chi connectivity index (χ3n) is 9.51. The number of aromatic nitrogens is 2. The van der Waals surface area contributed by atoms with Gasteiger partial charge in [0.25, 0.3) is 5.91 Å². The van der Waals surface area contributed by atoms with Crippen LogP contribution in [-0.2, 0) is 33.7 Å². The van der Waals surface area contributed by atoms with Gasteiger partial charge in [-0.05, 0) is 110 Å². The number of anilines is 2. The SMILES string of the molecule is COC(=O)Cc1ccc(OCCOc2cccc(-c3ccc(N4CCc5cccc(C(=O)Nc6nc7ccccc7s6)c5C4)nc3C(=O)OC(C)(C)C)c2C)cc1. The van der Waals surface area contributed by atoms with E-state index in [1.807, 2.05) is 119 Å². The van der Waals surface area contributed by atoms with Crippen LogP contribution in [0.2, 0.25) is 0 Å². The number of nitrogens with one attached hydrogen (secondary N) is 1. The van der Waals surface area contributed by atoms with E-state index in [1.165, 1.54) is 18.4 Å². The predicted molar refractivity (Wildman–Crippen MR) is 221 cm³/mol. The normalized spacial score (nSPS) is 12.5. The molecule has 0 aliphatic carbocycles. The van der Waals surface area contributed by atoms with Gasteiger partial charge in [0, 0.05) is 24.2 Å². The van der Waals surface area contributed by atoms with Gasteiger partial charge < -0.3 is 23.8 Å². The zero-order chi connectivity index (χ0) is 40.1. The van der Waals surface area contributed by atoms with Crippen LogP contribution in [0.4, 0.5) is 10.9 Å². The number of esters is 2. The second kappa shape index (κ2) is 16.8. The number of ether oxygens (including phenoxy) is 4. The molecule has 4 aromatic carbocycles. The number of thiazole rings is 1. The van der Waals surface area contributed by atoms with Crippen molar-refractivity contribution in [3.05, 3.63) is 131 Å². The molecular formula is C45H44N4O7S. The van der Waals surface area contributed by atoms with E-state index in [9.17, 15) is 14.4 Å². The van der Waals surface area contributed by atoms with E-state index in [4.69, 9.17) is 23.9 Å². The minimum absolute atomic E-state index is 0.189. The zero-order valence-corrected chi connectivity index (χ0v) is 33.4. The number of para-hydroxylation sites is 1. The number of hydrogen-bond acceptors (Lipinski definition) is 11. The summed E-state index contributed by atoms with van der Waals surface area (Å²) in [4.78, 5) is 50.7. The van der Waals surface area contributed by atoms with Crippen LogP contribution < -0.4 is 19.7 Å². The smallest absolute Gasteiger partial charge is 0.358 e. The maximum atomic E-state index is 13.9. The Labute approximate surface area is 335 Å². The van der Waals surface area contributed by atoms with Gasteiger partial charge in [-0.1, -0.05) is 59.9 Å². The summed E-state index contributed by atoms with van der Waals surface area (Å²) in [6.07, 6.45) is 0.899. The minimum atomic E-state index is -0.747. The zero-order valence-electron chi connectivity index (χ0n) is 32.6. The highest BCUT2D eigenvalue weighted by Gasteiger charge is 2.28. The molecule has 0 fully saturated rings. The summed E-state index contributed by atoms with van der Waals surface area (Å²) in [7, 11) is 1.37. The van der Waals surface area contributed by atoms with Gasteiger partial charge >= 0.3 is 11.9 Å². The van der Waals surface area contributed by atoms with E-state index in [1.54, 1.807) is 0 Å². The molecule has 0 atom stereocenters. The molecule has 0 saturated carbocycles. The van der Waals surface area contributed by atoms with E-state index in [-0.39, 0.29) is 30.6 Å². The second-order valence-electron chi connectivity index (χ2n) is 14.6. The highest BCUT2D eigenvalue weighted by molar-refractivity contribution is 7.22. The Hall–Kier alpha value is -6.27. The van der Waals surface area contributed by atoms with Gasteiger partial charge in [0.1, 0.15) is 36.1 Å². The first kappa shape index (κ1) is 39.0. The van der Waals surface area contributed by atoms with Crippen molar-refractivity contribution in [3.63, 3.8) is 0 Å². The van der Waals surface area contributed by atoms with Crippen molar-refractivity contribution in [1.29, 1.82) is 0 Å². The van der Waals surface area contributed by atoms with Crippen molar-refractivity contribution < 1.29 is 33.3 Å². The number of hydrogen-bond donors (Lipinski definition) is 1. The molecule has 3 heterocycles. The summed E-state index contributed by atoms with van der Waals surface area (Å²) >= 11 is 1.44. The fraction of sp³-hybridized carbons (Fsp3) is 0.267. The molecule has 2 aromatic heterocycles. The van der Waals surface area contributed by atoms with Crippen molar-refractivity contribution in [2.45, 2.75) is 52.7 Å². The van der Waals surface area contributed by atoms with Gasteiger partial charge in [-0.25, -0.2) is 14.8 Å².